The molecule has 0 fully saturated rings. The Balaban J connectivity index is 2.18. The average Bonchev–Trinajstić information content (AvgIpc) is 3.09. The highest BCUT2D eigenvalue weighted by atomic mass is 32.1. The second-order valence-electron chi connectivity index (χ2n) is 5.21. The van der Waals surface area contributed by atoms with Crippen molar-refractivity contribution in [1.82, 2.24) is 4.90 Å². The van der Waals surface area contributed by atoms with E-state index in [1.54, 1.807) is 36.1 Å². The first-order valence-electron chi connectivity index (χ1n) is 7.16. The minimum absolute atomic E-state index is 0.153. The van der Waals surface area contributed by atoms with E-state index in [0.717, 1.165) is 5.56 Å². The molecule has 0 bridgehead atoms. The van der Waals surface area contributed by atoms with Gasteiger partial charge in [-0.25, -0.2) is 4.39 Å². The van der Waals surface area contributed by atoms with Gasteiger partial charge in [0.25, 0.3) is 5.91 Å². The van der Waals surface area contributed by atoms with Gasteiger partial charge in [-0.15, -0.1) is 11.3 Å². The fraction of sp³-hybridized carbons (Fsp3) is 0.294. The Kier molecular flexibility index (Phi) is 5.87. The van der Waals surface area contributed by atoms with Crippen molar-refractivity contribution in [2.45, 2.75) is 13.5 Å². The monoisotopic (exact) mass is 335 g/mol. The summed E-state index contributed by atoms with van der Waals surface area (Å²) in [5.41, 5.74) is 0.799. The maximum atomic E-state index is 13.0. The lowest BCUT2D eigenvalue weighted by molar-refractivity contribution is -0.145. The first-order chi connectivity index (χ1) is 11.0. The Bertz CT molecular complexity index is 655. The highest BCUT2D eigenvalue weighted by Gasteiger charge is 2.23. The van der Waals surface area contributed by atoms with E-state index in [2.05, 4.69) is 0 Å². The van der Waals surface area contributed by atoms with Crippen molar-refractivity contribution in [3.05, 3.63) is 58.0 Å². The third-order valence-corrected chi connectivity index (χ3v) is 4.26. The SMILES string of the molecule is COC(=O)C(C)CN(Cc1ccc(F)cc1)C(=O)c1cccs1. The number of thiophene rings is 1. The van der Waals surface area contributed by atoms with Crippen LogP contribution < -0.4 is 0 Å². The minimum Gasteiger partial charge on any atom is -0.469 e. The number of hydrogen-bond donors (Lipinski definition) is 0. The first-order valence-corrected chi connectivity index (χ1v) is 8.04. The van der Waals surface area contributed by atoms with E-state index >= 15 is 0 Å². The van der Waals surface area contributed by atoms with Gasteiger partial charge < -0.3 is 9.64 Å². The molecule has 1 unspecified atom stereocenters. The number of carbonyl (C=O) groups is 2. The Morgan fingerprint density at radius 3 is 2.52 bits per heavy atom. The van der Waals surface area contributed by atoms with Crippen molar-refractivity contribution in [1.29, 1.82) is 0 Å². The van der Waals surface area contributed by atoms with E-state index in [1.807, 2.05) is 5.38 Å². The zero-order chi connectivity index (χ0) is 16.8. The maximum absolute atomic E-state index is 13.0. The highest BCUT2D eigenvalue weighted by Crippen LogP contribution is 2.17. The van der Waals surface area contributed by atoms with Crippen LogP contribution in [0.15, 0.2) is 41.8 Å². The van der Waals surface area contributed by atoms with Crippen LogP contribution in [0.25, 0.3) is 0 Å². The number of ether oxygens (including phenoxy) is 1. The summed E-state index contributed by atoms with van der Waals surface area (Å²) in [6.07, 6.45) is 0. The predicted octanol–water partition coefficient (Wildman–Crippen LogP) is 3.34. The zero-order valence-corrected chi connectivity index (χ0v) is 13.8. The molecular weight excluding hydrogens is 317 g/mol. The summed E-state index contributed by atoms with van der Waals surface area (Å²) >= 11 is 1.35. The third-order valence-electron chi connectivity index (χ3n) is 3.40. The molecule has 0 spiro atoms. The molecule has 2 rings (SSSR count). The summed E-state index contributed by atoms with van der Waals surface area (Å²) in [6.45, 7) is 2.25. The molecular formula is C17H18FNO3S. The molecule has 0 aliphatic rings. The average molecular weight is 335 g/mol. The van der Waals surface area contributed by atoms with Gasteiger partial charge in [0.05, 0.1) is 17.9 Å². The van der Waals surface area contributed by atoms with Crippen molar-refractivity contribution in [2.24, 2.45) is 5.92 Å². The Morgan fingerprint density at radius 2 is 1.96 bits per heavy atom. The molecule has 0 N–H and O–H groups in total. The van der Waals surface area contributed by atoms with Gasteiger partial charge in [-0.05, 0) is 29.1 Å². The van der Waals surface area contributed by atoms with Gasteiger partial charge in [0.15, 0.2) is 0 Å². The molecule has 1 aromatic carbocycles. The number of carbonyl (C=O) groups excluding carboxylic acids is 2. The lowest BCUT2D eigenvalue weighted by Gasteiger charge is -2.24. The van der Waals surface area contributed by atoms with Crippen LogP contribution >= 0.6 is 11.3 Å². The fourth-order valence-corrected chi connectivity index (χ4v) is 2.88. The standard InChI is InChI=1S/C17H18FNO3S/c1-12(17(21)22-2)10-19(16(20)15-4-3-9-23-15)11-13-5-7-14(18)8-6-13/h3-9,12H,10-11H2,1-2H3. The number of hydrogen-bond acceptors (Lipinski definition) is 4. The lowest BCUT2D eigenvalue weighted by atomic mass is 10.1. The number of benzene rings is 1. The largest absolute Gasteiger partial charge is 0.469 e. The Labute approximate surface area is 138 Å². The van der Waals surface area contributed by atoms with Crippen LogP contribution in [0.2, 0.25) is 0 Å². The van der Waals surface area contributed by atoms with Crippen LogP contribution in [0.5, 0.6) is 0 Å². The normalized spacial score (nSPS) is 11.8. The molecule has 0 aliphatic heterocycles. The minimum atomic E-state index is -0.440. The molecule has 6 heteroatoms. The van der Waals surface area contributed by atoms with Gasteiger partial charge in [0.1, 0.15) is 5.82 Å². The van der Waals surface area contributed by atoms with Gasteiger partial charge in [-0.2, -0.15) is 0 Å². The molecule has 0 saturated heterocycles. The smallest absolute Gasteiger partial charge is 0.310 e. The van der Waals surface area contributed by atoms with Crippen LogP contribution in [0.1, 0.15) is 22.2 Å². The molecule has 1 amide bonds. The topological polar surface area (TPSA) is 46.6 Å². The Morgan fingerprint density at radius 1 is 1.26 bits per heavy atom. The van der Waals surface area contributed by atoms with E-state index in [1.165, 1.54) is 30.6 Å². The van der Waals surface area contributed by atoms with Gasteiger partial charge in [-0.1, -0.05) is 25.1 Å². The molecule has 122 valence electrons. The molecule has 0 radical (unpaired) electrons. The summed E-state index contributed by atoms with van der Waals surface area (Å²) in [7, 11) is 1.32. The number of rotatable bonds is 6. The van der Waals surface area contributed by atoms with Crippen molar-refractivity contribution in [2.75, 3.05) is 13.7 Å². The summed E-state index contributed by atoms with van der Waals surface area (Å²) in [5.74, 6) is -1.29. The van der Waals surface area contributed by atoms with Crippen LogP contribution in [0.4, 0.5) is 4.39 Å². The van der Waals surface area contributed by atoms with Crippen LogP contribution in [-0.4, -0.2) is 30.4 Å². The highest BCUT2D eigenvalue weighted by molar-refractivity contribution is 7.12. The number of methoxy groups -OCH3 is 1. The molecule has 4 nitrogen and oxygen atoms in total. The molecule has 23 heavy (non-hydrogen) atoms. The van der Waals surface area contributed by atoms with E-state index in [0.29, 0.717) is 11.4 Å². The quantitative estimate of drug-likeness (QED) is 0.761. The van der Waals surface area contributed by atoms with Gasteiger partial charge in [0, 0.05) is 13.1 Å². The molecule has 1 aromatic heterocycles. The molecule has 1 atom stereocenters. The maximum Gasteiger partial charge on any atom is 0.310 e. The second-order valence-corrected chi connectivity index (χ2v) is 6.16. The number of esters is 1. The first kappa shape index (κ1) is 17.1. The molecule has 1 heterocycles. The predicted molar refractivity (Wildman–Crippen MR) is 86.6 cm³/mol. The summed E-state index contributed by atoms with van der Waals surface area (Å²) in [6, 6.07) is 9.52. The zero-order valence-electron chi connectivity index (χ0n) is 13.0. The molecule has 2 aromatic rings. The second kappa shape index (κ2) is 7.87. The number of halogens is 1. The van der Waals surface area contributed by atoms with Gasteiger partial charge >= 0.3 is 5.97 Å². The van der Waals surface area contributed by atoms with E-state index < -0.39 is 5.92 Å². The van der Waals surface area contributed by atoms with Crippen LogP contribution in [0.3, 0.4) is 0 Å². The molecule has 0 aliphatic carbocycles. The van der Waals surface area contributed by atoms with Crippen molar-refractivity contribution in [3.8, 4) is 0 Å². The van der Waals surface area contributed by atoms with E-state index in [9.17, 15) is 14.0 Å². The number of amides is 1. The van der Waals surface area contributed by atoms with Gasteiger partial charge in [0.2, 0.25) is 0 Å². The third kappa shape index (κ3) is 4.63. The van der Waals surface area contributed by atoms with Crippen molar-refractivity contribution < 1.29 is 18.7 Å². The van der Waals surface area contributed by atoms with Gasteiger partial charge in [-0.3, -0.25) is 9.59 Å². The summed E-state index contributed by atoms with van der Waals surface area (Å²) < 4.78 is 17.8. The van der Waals surface area contributed by atoms with Crippen LogP contribution in [0, 0.1) is 11.7 Å². The number of nitrogens with zero attached hydrogens (tertiary/aromatic N) is 1. The van der Waals surface area contributed by atoms with E-state index in [-0.39, 0.29) is 24.2 Å². The Hall–Kier alpha value is -2.21. The fourth-order valence-electron chi connectivity index (χ4n) is 2.19. The summed E-state index contributed by atoms with van der Waals surface area (Å²) in [4.78, 5) is 26.5. The van der Waals surface area contributed by atoms with Crippen molar-refractivity contribution in [3.63, 3.8) is 0 Å². The summed E-state index contributed by atoms with van der Waals surface area (Å²) in [5, 5.41) is 1.83. The molecule has 0 saturated carbocycles. The van der Waals surface area contributed by atoms with Crippen molar-refractivity contribution >= 4 is 23.2 Å². The lowest BCUT2D eigenvalue weighted by Crippen LogP contribution is -2.36. The van der Waals surface area contributed by atoms with E-state index in [4.69, 9.17) is 4.74 Å². The van der Waals surface area contributed by atoms with Crippen LogP contribution in [-0.2, 0) is 16.1 Å².